The van der Waals surface area contributed by atoms with Crippen LogP contribution in [-0.4, -0.2) is 370 Å². The predicted molar refractivity (Wildman–Crippen MR) is 497 cm³/mol. The molecule has 37 nitrogen and oxygen atoms in total. The van der Waals surface area contributed by atoms with Gasteiger partial charge in [-0.15, -0.1) is 52.7 Å². The number of hydrogen-bond acceptors (Lipinski definition) is 30. The summed E-state index contributed by atoms with van der Waals surface area (Å²) in [6, 6.07) is 0. The minimum absolute atomic E-state index is 0.0417. The molecule has 5 fully saturated rings. The van der Waals surface area contributed by atoms with Crippen molar-refractivity contribution in [2.75, 3.05) is 126 Å². The molecule has 693 valence electrons. The van der Waals surface area contributed by atoms with Gasteiger partial charge in [0, 0.05) is 80.1 Å². The number of rotatable bonds is 31. The number of Topliss-reactive ketones (excluding diaryl/α,β-unsaturated/α-hetero) is 2. The Balaban J connectivity index is 0.000000238. The summed E-state index contributed by atoms with van der Waals surface area (Å²) in [5, 5.41) is 102. The molecule has 123 heavy (non-hydrogen) atoms. The summed E-state index contributed by atoms with van der Waals surface area (Å²) in [5.41, 5.74) is -1.80. The molecule has 0 bridgehead atoms. The fourth-order valence-electron chi connectivity index (χ4n) is 13.9. The quantitative estimate of drug-likeness (QED) is 0.0138. The van der Waals surface area contributed by atoms with Gasteiger partial charge in [0.15, 0.2) is 34.5 Å². The zero-order valence-electron chi connectivity index (χ0n) is 72.9. The average Bonchev–Trinajstić information content (AvgIpc) is 1.69. The number of carbonyl (C=O) groups excluding carboxylic acids is 2. The minimum atomic E-state index is -1.29. The normalized spacial score (nSPS) is 27.1. The molecule has 5 saturated heterocycles. The topological polar surface area (TPSA) is 528 Å². The van der Waals surface area contributed by atoms with Crippen molar-refractivity contribution in [2.24, 2.45) is 0 Å². The van der Waals surface area contributed by atoms with Gasteiger partial charge in [0.25, 0.3) is 22.2 Å². The SMILES string of the molecule is C=P(C)(C)CCC1O[C@@H](n2cc(CC(C)=O)c(=O)[nH]c2=O)[C@H](OC)[C@@H]1O.C=P(C)(C)CCC1O[C@@H](n2cc(CC(C)=O)c(=O)[nH]c2=S)[C@H](O)[C@@H]1O.C=P(C)(C)CCC1O[C@@H](n2cc(CNC)c(=O)[nH]c2=O)[C@H](O)[C@@H]1O.C=P(C)(C)CCC1O[C@@H](n2cc(CNC)c(=O)[nH]c2=S)[C@H](O)[C@@H]1O.C=P(C)(C)CCC1O[C@@H](n2cc(CNC)c(=O)nc2[Se])[C@H](O)[C@@H]1O. The Morgan fingerprint density at radius 3 is 0.992 bits per heavy atom. The molecule has 5 aliphatic heterocycles. The van der Waals surface area contributed by atoms with E-state index >= 15 is 0 Å². The van der Waals surface area contributed by atoms with Crippen LogP contribution in [0, 0.1) is 9.54 Å². The summed E-state index contributed by atoms with van der Waals surface area (Å²) < 4.78 is 41.9. The van der Waals surface area contributed by atoms with Crippen molar-refractivity contribution in [1.82, 2.24) is 63.7 Å². The molecule has 5 aromatic rings. The molecule has 0 aromatic carbocycles. The Kier molecular flexibility index (Phi) is 40.0. The van der Waals surface area contributed by atoms with Crippen LogP contribution in [0.4, 0.5) is 0 Å². The number of aliphatic hydroxyl groups excluding tert-OH is 9. The van der Waals surface area contributed by atoms with Gasteiger partial charge in [0.2, 0.25) is 0 Å². The van der Waals surface area contributed by atoms with Crippen LogP contribution < -0.4 is 59.8 Å². The Morgan fingerprint density at radius 2 is 0.667 bits per heavy atom. The Morgan fingerprint density at radius 1 is 0.415 bits per heavy atom. The first-order valence-corrected chi connectivity index (χ1v) is 56.8. The first-order valence-electron chi connectivity index (χ1n) is 39.8. The van der Waals surface area contributed by atoms with Crippen molar-refractivity contribution in [3.05, 3.63) is 141 Å². The second kappa shape index (κ2) is 46.1. The number of H-pyrrole nitrogens is 4. The number of methoxy groups -OCH3 is 1. The standard InChI is InChI=1S/C17H27N2O6P.C16H25N2O5PS.C15H26N3O5P.C15H26N3O4PS.C15H25N3O4PSe/c1-10(20)8-11-9-19(17(23)18-15(11)22)16-14(24-2)13(21)12(25-16)6-7-26(3,4)5;1-9(19)7-10-8-18(16(25)17-14(10)22)15-13(21)12(20)11(23-15)5-6-24(2,3)4;1-16-7-9-8-18(15(22)17-13(9)21)14-12(20)11(19)10(23-14)5-6-24(2,3)4;2*1-16-7-9-8-18(15(24)17-13(9)21)14-12(20)11(19)10(22-14)5-6-23(2,3)4/h9,12-14,16,21H,3,6-8H2,1-2,4-5H3,(H,18,22,23);8,11-13,15,20-21H,2,5-7H2,1,3-4H3,(H,17,22,25);8,10-12,14,16,19-20H,2,5-7H2,1,3-4H3,(H,17,21,22);8,10-12,14,16,19-20H,2,5-7H2,1,3-4H3,(H,17,21,24);8,10-12,14,16,19-20H,2,5-7H2,1,3-4H3/t12?,13-,14-,16-;11?,12-,13-,15-;3*10?,11-,12-,14-/m11111/s1. The van der Waals surface area contributed by atoms with E-state index in [9.17, 15) is 89.1 Å². The molecule has 5 unspecified atom stereocenters. The second-order valence-corrected chi connectivity index (χ2v) is 58.2. The number of ketones is 2. The summed E-state index contributed by atoms with van der Waals surface area (Å²) in [6.45, 7) is 18.4. The van der Waals surface area contributed by atoms with E-state index in [2.05, 4.69) is 155 Å². The maximum atomic E-state index is 12.3. The molecule has 1 radical (unpaired) electrons. The van der Waals surface area contributed by atoms with E-state index < -0.39 is 185 Å². The van der Waals surface area contributed by atoms with Crippen LogP contribution >= 0.6 is 58.9 Å². The van der Waals surface area contributed by atoms with Gasteiger partial charge in [-0.1, -0.05) is 0 Å². The van der Waals surface area contributed by atoms with Gasteiger partial charge < -0.3 is 70.1 Å². The molecular formula is C78H129N13O24P5S2Se. The van der Waals surface area contributed by atoms with E-state index in [1.807, 2.05) is 0 Å². The number of aromatic nitrogens is 10. The third-order valence-electron chi connectivity index (χ3n) is 20.5. The van der Waals surface area contributed by atoms with E-state index in [1.54, 1.807) is 38.1 Å². The fourth-order valence-corrected chi connectivity index (χ4v) is 19.7. The summed E-state index contributed by atoms with van der Waals surface area (Å²) in [4.78, 5) is 120. The number of nitrogens with zero attached hydrogens (tertiary/aromatic N) is 6. The zero-order valence-corrected chi connectivity index (χ0v) is 80.7. The maximum absolute atomic E-state index is 12.3. The Bertz CT molecular complexity index is 5170. The van der Waals surface area contributed by atoms with Crippen LogP contribution in [0.3, 0.4) is 0 Å². The molecule has 0 aliphatic carbocycles. The van der Waals surface area contributed by atoms with Gasteiger partial charge in [-0.2, -0.15) is 0 Å². The van der Waals surface area contributed by atoms with Crippen LogP contribution in [0.5, 0.6) is 0 Å². The first kappa shape index (κ1) is 107. The fraction of sp³-hybridized carbons (Fsp3) is 0.654. The van der Waals surface area contributed by atoms with Crippen molar-refractivity contribution in [3.63, 3.8) is 0 Å². The first-order chi connectivity index (χ1) is 56.9. The van der Waals surface area contributed by atoms with Gasteiger partial charge in [-0.05, 0) is 156 Å². The van der Waals surface area contributed by atoms with E-state index in [1.165, 1.54) is 53.2 Å². The second-order valence-electron chi connectivity index (χ2n) is 35.1. The van der Waals surface area contributed by atoms with E-state index in [-0.39, 0.29) is 62.7 Å². The Hall–Kier alpha value is -4.92. The third-order valence-corrected chi connectivity index (χ3v) is 29.1. The molecule has 5 aliphatic rings. The summed E-state index contributed by atoms with van der Waals surface area (Å²) in [6.07, 6.45) is 17.6. The predicted octanol–water partition coefficient (Wildman–Crippen LogP) is -1.41. The average molecular weight is 1930 g/mol. The number of ether oxygens (including phenoxy) is 6. The molecule has 0 saturated carbocycles. The van der Waals surface area contributed by atoms with Gasteiger partial charge in [0.1, 0.15) is 60.4 Å². The molecular weight excluding hydrogens is 1800 g/mol. The summed E-state index contributed by atoms with van der Waals surface area (Å²) in [5.74, 6) is -0.363. The molecule has 10 heterocycles. The van der Waals surface area contributed by atoms with Crippen LogP contribution in [0.25, 0.3) is 0 Å². The van der Waals surface area contributed by atoms with Crippen molar-refractivity contribution in [2.45, 2.75) is 201 Å². The number of aromatic amines is 4. The van der Waals surface area contributed by atoms with Crippen LogP contribution in [0.15, 0.2) is 64.5 Å². The van der Waals surface area contributed by atoms with Crippen LogP contribution in [0.2, 0.25) is 0 Å². The summed E-state index contributed by atoms with van der Waals surface area (Å²) in [7, 11) is 6.58. The van der Waals surface area contributed by atoms with Crippen molar-refractivity contribution in [1.29, 1.82) is 0 Å². The molecule has 20 atom stereocenters. The van der Waals surface area contributed by atoms with Gasteiger partial charge in [-0.3, -0.25) is 67.0 Å². The number of nitrogens with one attached hydrogen (secondary N) is 7. The number of aliphatic hydroxyl groups is 9. The van der Waals surface area contributed by atoms with Crippen molar-refractivity contribution < 1.29 is 84.0 Å². The van der Waals surface area contributed by atoms with Gasteiger partial charge in [-0.25, -0.2) is 9.59 Å². The van der Waals surface area contributed by atoms with Crippen LogP contribution in [0.1, 0.15) is 105 Å². The van der Waals surface area contributed by atoms with E-state index in [4.69, 9.17) is 52.9 Å². The van der Waals surface area contributed by atoms with Crippen LogP contribution in [-0.2, 0) is 70.5 Å². The molecule has 0 spiro atoms. The number of carbonyl (C=O) groups is 2. The third kappa shape index (κ3) is 30.9. The van der Waals surface area contributed by atoms with Gasteiger partial charge >= 0.3 is 161 Å². The molecule has 16 N–H and O–H groups in total. The molecule has 5 aromatic heterocycles. The number of hydrogen-bond donors (Lipinski definition) is 16. The van der Waals surface area contributed by atoms with Gasteiger partial charge in [0.05, 0.1) is 24.4 Å². The zero-order chi connectivity index (χ0) is 92.8. The van der Waals surface area contributed by atoms with Crippen molar-refractivity contribution in [3.8, 4) is 0 Å². The van der Waals surface area contributed by atoms with E-state index in [0.29, 0.717) is 66.6 Å². The molecule has 10 rings (SSSR count). The Labute approximate surface area is 733 Å². The summed E-state index contributed by atoms with van der Waals surface area (Å²) >= 11 is 13.1. The molecule has 45 heteroatoms. The van der Waals surface area contributed by atoms with Crippen molar-refractivity contribution >= 4 is 123 Å². The monoisotopic (exact) mass is 1930 g/mol. The molecule has 0 amide bonds. The van der Waals surface area contributed by atoms with E-state index in [0.717, 1.165) is 35.4 Å².